The van der Waals surface area contributed by atoms with E-state index in [0.29, 0.717) is 19.0 Å². The molecule has 0 spiro atoms. The van der Waals surface area contributed by atoms with E-state index in [1.807, 2.05) is 30.8 Å². The maximum absolute atomic E-state index is 10.6. The largest absolute Gasteiger partial charge is 0.385 e. The summed E-state index contributed by atoms with van der Waals surface area (Å²) in [5.74, 6) is 0.478. The number of fused-ring (bicyclic) bond motifs is 1. The van der Waals surface area contributed by atoms with Crippen LogP contribution in [0.15, 0.2) is 24.4 Å². The van der Waals surface area contributed by atoms with Gasteiger partial charge in [0.1, 0.15) is 12.8 Å². The summed E-state index contributed by atoms with van der Waals surface area (Å²) in [4.78, 5) is 8.77. The number of aryl methyl sites for hydroxylation is 3. The van der Waals surface area contributed by atoms with E-state index in [4.69, 9.17) is 4.74 Å². The van der Waals surface area contributed by atoms with Gasteiger partial charge in [0.05, 0.1) is 5.52 Å². The lowest BCUT2D eigenvalue weighted by Crippen LogP contribution is -2.22. The Labute approximate surface area is 174 Å². The monoisotopic (exact) mass is 412 g/mol. The lowest BCUT2D eigenvalue weighted by Gasteiger charge is -2.15. The van der Waals surface area contributed by atoms with Crippen LogP contribution in [-0.2, 0) is 17.9 Å². The maximum atomic E-state index is 10.6. The van der Waals surface area contributed by atoms with Gasteiger partial charge in [0, 0.05) is 44.1 Å². The molecule has 1 unspecified atom stereocenters. The molecule has 6 nitrogen and oxygen atoms in total. The van der Waals surface area contributed by atoms with Gasteiger partial charge in [-0.15, -0.1) is 0 Å². The normalized spacial score (nSPS) is 13.2. The molecule has 3 aromatic rings. The van der Waals surface area contributed by atoms with Crippen LogP contribution in [0.3, 0.4) is 0 Å². The van der Waals surface area contributed by atoms with Crippen LogP contribution in [-0.4, -0.2) is 39.5 Å². The summed E-state index contributed by atoms with van der Waals surface area (Å²) >= 11 is 0. The van der Waals surface area contributed by atoms with Gasteiger partial charge >= 0.3 is 0 Å². The van der Waals surface area contributed by atoms with Crippen LogP contribution in [0.5, 0.6) is 0 Å². The van der Waals surface area contributed by atoms with Gasteiger partial charge in [-0.3, -0.25) is 0 Å². The minimum atomic E-state index is -1.08. The minimum absolute atomic E-state index is 0.465. The Balaban J connectivity index is 1.71. The first-order valence-electron chi connectivity index (χ1n) is 10.2. The molecule has 2 aromatic heterocycles. The van der Waals surface area contributed by atoms with Crippen molar-refractivity contribution in [1.29, 1.82) is 0 Å². The van der Waals surface area contributed by atoms with Crippen molar-refractivity contribution in [3.8, 4) is 0 Å². The van der Waals surface area contributed by atoms with Gasteiger partial charge in [-0.1, -0.05) is 25.7 Å². The van der Waals surface area contributed by atoms with Crippen molar-refractivity contribution < 1.29 is 9.84 Å². The lowest BCUT2D eigenvalue weighted by atomic mass is 10.0. The first kappa shape index (κ1) is 21.6. The standard InChI is InChI=1S/C22H32N4O2Si/c1-15-9-18(12-20(27)22-23-16(2)10-17(3)24-22)11-19-13-26(25-21(15)19)14-28-7-8-29(4,5)6/h9-11,13,20,27H,7-8,12,14H2,1-6H3. The molecule has 0 aliphatic rings. The Bertz CT molecular complexity index is 974. The molecular weight excluding hydrogens is 380 g/mol. The van der Waals surface area contributed by atoms with E-state index in [-0.39, 0.29) is 0 Å². The van der Waals surface area contributed by atoms with Crippen molar-refractivity contribution in [2.24, 2.45) is 0 Å². The molecule has 1 atom stereocenters. The van der Waals surface area contributed by atoms with Crippen molar-refractivity contribution in [2.75, 3.05) is 6.61 Å². The van der Waals surface area contributed by atoms with E-state index in [1.54, 1.807) is 0 Å². The summed E-state index contributed by atoms with van der Waals surface area (Å²) in [5, 5.41) is 16.4. The zero-order chi connectivity index (χ0) is 21.2. The van der Waals surface area contributed by atoms with Crippen molar-refractivity contribution >= 4 is 19.0 Å². The highest BCUT2D eigenvalue weighted by Crippen LogP contribution is 2.23. The topological polar surface area (TPSA) is 73.1 Å². The summed E-state index contributed by atoms with van der Waals surface area (Å²) < 4.78 is 7.68. The molecule has 0 saturated carbocycles. The summed E-state index contributed by atoms with van der Waals surface area (Å²) in [6, 6.07) is 7.22. The van der Waals surface area contributed by atoms with E-state index < -0.39 is 14.2 Å². The first-order valence-corrected chi connectivity index (χ1v) is 13.9. The first-order chi connectivity index (χ1) is 13.6. The van der Waals surface area contributed by atoms with E-state index >= 15 is 0 Å². The fourth-order valence-electron chi connectivity index (χ4n) is 3.37. The quantitative estimate of drug-likeness (QED) is 0.440. The van der Waals surface area contributed by atoms with Crippen LogP contribution < -0.4 is 0 Å². The number of ether oxygens (including phenoxy) is 1. The van der Waals surface area contributed by atoms with Gasteiger partial charge in [0.2, 0.25) is 0 Å². The van der Waals surface area contributed by atoms with Gasteiger partial charge in [-0.05, 0) is 50.1 Å². The number of rotatable bonds is 8. The summed E-state index contributed by atoms with van der Waals surface area (Å²) in [6.07, 6.45) is 1.75. The highest BCUT2D eigenvalue weighted by Gasteiger charge is 2.15. The Kier molecular flexibility index (Phi) is 6.51. The molecule has 0 fully saturated rings. The highest BCUT2D eigenvalue weighted by atomic mass is 28.3. The predicted molar refractivity (Wildman–Crippen MR) is 119 cm³/mol. The number of aromatic nitrogens is 4. The Hall–Kier alpha value is -2.09. The van der Waals surface area contributed by atoms with Gasteiger partial charge in [0.15, 0.2) is 5.82 Å². The van der Waals surface area contributed by atoms with Crippen molar-refractivity contribution in [1.82, 2.24) is 19.7 Å². The second-order valence-electron chi connectivity index (χ2n) is 9.10. The van der Waals surface area contributed by atoms with Crippen molar-refractivity contribution in [3.63, 3.8) is 0 Å². The Morgan fingerprint density at radius 2 is 1.76 bits per heavy atom. The van der Waals surface area contributed by atoms with E-state index in [2.05, 4.69) is 53.8 Å². The molecule has 0 bridgehead atoms. The molecule has 1 aromatic carbocycles. The number of benzene rings is 1. The van der Waals surface area contributed by atoms with Crippen LogP contribution in [0.4, 0.5) is 0 Å². The van der Waals surface area contributed by atoms with Crippen LogP contribution in [0.1, 0.15) is 34.4 Å². The average molecular weight is 413 g/mol. The van der Waals surface area contributed by atoms with E-state index in [0.717, 1.165) is 46.1 Å². The lowest BCUT2D eigenvalue weighted by molar-refractivity contribution is 0.0791. The molecular formula is C22H32N4O2Si. The Morgan fingerprint density at radius 3 is 2.41 bits per heavy atom. The maximum Gasteiger partial charge on any atom is 0.157 e. The van der Waals surface area contributed by atoms with E-state index in [1.165, 1.54) is 0 Å². The number of hydrogen-bond acceptors (Lipinski definition) is 5. The molecule has 0 saturated heterocycles. The molecule has 29 heavy (non-hydrogen) atoms. The number of aliphatic hydroxyl groups excluding tert-OH is 1. The third kappa shape index (κ3) is 5.94. The second-order valence-corrected chi connectivity index (χ2v) is 14.7. The van der Waals surface area contributed by atoms with Gasteiger partial charge < -0.3 is 9.84 Å². The number of hydrogen-bond donors (Lipinski definition) is 1. The van der Waals surface area contributed by atoms with Crippen molar-refractivity contribution in [3.05, 3.63) is 52.7 Å². The van der Waals surface area contributed by atoms with Gasteiger partial charge in [0.25, 0.3) is 0 Å². The molecule has 0 amide bonds. The number of nitrogens with zero attached hydrogens (tertiary/aromatic N) is 4. The SMILES string of the molecule is Cc1cc(C)nc(C(O)Cc2cc(C)c3nn(COCC[Si](C)(C)C)cc3c2)n1. The third-order valence-electron chi connectivity index (χ3n) is 4.85. The molecule has 2 heterocycles. The van der Waals surface area contributed by atoms with Crippen LogP contribution in [0, 0.1) is 20.8 Å². The zero-order valence-electron chi connectivity index (χ0n) is 18.4. The molecule has 7 heteroatoms. The molecule has 0 radical (unpaired) electrons. The second kappa shape index (κ2) is 8.73. The fraction of sp³-hybridized carbons (Fsp3) is 0.500. The zero-order valence-corrected chi connectivity index (χ0v) is 19.4. The Morgan fingerprint density at radius 1 is 1.07 bits per heavy atom. The molecule has 3 rings (SSSR count). The van der Waals surface area contributed by atoms with E-state index in [9.17, 15) is 5.11 Å². The minimum Gasteiger partial charge on any atom is -0.385 e. The summed E-state index contributed by atoms with van der Waals surface area (Å²) in [6.45, 7) is 14.2. The molecule has 0 aliphatic carbocycles. The summed E-state index contributed by atoms with van der Waals surface area (Å²) in [5.41, 5.74) is 4.85. The van der Waals surface area contributed by atoms with Gasteiger partial charge in [-0.25, -0.2) is 14.6 Å². The summed E-state index contributed by atoms with van der Waals surface area (Å²) in [7, 11) is -1.08. The smallest absolute Gasteiger partial charge is 0.157 e. The molecule has 0 aliphatic heterocycles. The fourth-order valence-corrected chi connectivity index (χ4v) is 4.13. The highest BCUT2D eigenvalue weighted by molar-refractivity contribution is 6.76. The molecule has 156 valence electrons. The third-order valence-corrected chi connectivity index (χ3v) is 6.56. The van der Waals surface area contributed by atoms with Crippen LogP contribution in [0.25, 0.3) is 10.9 Å². The van der Waals surface area contributed by atoms with Gasteiger partial charge in [-0.2, -0.15) is 5.10 Å². The van der Waals surface area contributed by atoms with Crippen LogP contribution in [0.2, 0.25) is 25.7 Å². The molecule has 1 N–H and O–H groups in total. The number of aliphatic hydroxyl groups is 1. The van der Waals surface area contributed by atoms with Crippen molar-refractivity contribution in [2.45, 2.75) is 65.7 Å². The van der Waals surface area contributed by atoms with Crippen LogP contribution >= 0.6 is 0 Å². The predicted octanol–water partition coefficient (Wildman–Crippen LogP) is 4.34. The average Bonchev–Trinajstić information content (AvgIpc) is 3.00.